The van der Waals surface area contributed by atoms with Gasteiger partial charge in [0.25, 0.3) is 0 Å². The first-order chi connectivity index (χ1) is 16.2. The van der Waals surface area contributed by atoms with Crippen LogP contribution in [0.2, 0.25) is 0 Å². The second-order valence-electron chi connectivity index (χ2n) is 8.21. The van der Waals surface area contributed by atoms with Crippen molar-refractivity contribution in [3.05, 3.63) is 66.0 Å². The zero-order valence-corrected chi connectivity index (χ0v) is 19.1. The molecule has 7 heteroatoms. The number of benzene rings is 1. The van der Waals surface area contributed by atoms with Gasteiger partial charge in [0.1, 0.15) is 5.75 Å². The Kier molecular flexibility index (Phi) is 8.09. The normalized spacial score (nSPS) is 15.8. The number of nitrogens with zero attached hydrogens (tertiary/aromatic N) is 3. The highest BCUT2D eigenvalue weighted by molar-refractivity contribution is 5.69. The molecule has 1 fully saturated rings. The molecule has 0 spiro atoms. The van der Waals surface area contributed by atoms with Gasteiger partial charge in [0.2, 0.25) is 0 Å². The molecule has 0 saturated carbocycles. The molecule has 1 aliphatic heterocycles. The summed E-state index contributed by atoms with van der Waals surface area (Å²) in [4.78, 5) is 15.9. The van der Waals surface area contributed by atoms with Gasteiger partial charge >= 0.3 is 5.97 Å². The van der Waals surface area contributed by atoms with Crippen molar-refractivity contribution in [1.82, 2.24) is 14.8 Å². The number of aromatic nitrogens is 3. The van der Waals surface area contributed by atoms with E-state index in [1.807, 2.05) is 22.9 Å². The Labute approximate surface area is 194 Å². The van der Waals surface area contributed by atoms with E-state index >= 15 is 0 Å². The highest BCUT2D eigenvalue weighted by Gasteiger charge is 2.20. The number of pyridine rings is 1. The van der Waals surface area contributed by atoms with Gasteiger partial charge < -0.3 is 14.2 Å². The van der Waals surface area contributed by atoms with Gasteiger partial charge in [0, 0.05) is 25.6 Å². The quantitative estimate of drug-likeness (QED) is 0.416. The van der Waals surface area contributed by atoms with Gasteiger partial charge in [0.05, 0.1) is 31.3 Å². The zero-order valence-electron chi connectivity index (χ0n) is 19.1. The Morgan fingerprint density at radius 3 is 2.79 bits per heavy atom. The molecule has 174 valence electrons. The molecule has 2 aromatic heterocycles. The third-order valence-electron chi connectivity index (χ3n) is 5.82. The molecule has 7 nitrogen and oxygen atoms in total. The summed E-state index contributed by atoms with van der Waals surface area (Å²) >= 11 is 0. The van der Waals surface area contributed by atoms with Gasteiger partial charge in [-0.05, 0) is 61.4 Å². The van der Waals surface area contributed by atoms with Crippen molar-refractivity contribution in [2.45, 2.75) is 51.2 Å². The van der Waals surface area contributed by atoms with E-state index in [-0.39, 0.29) is 12.2 Å². The van der Waals surface area contributed by atoms with Crippen molar-refractivity contribution in [1.29, 1.82) is 0 Å². The van der Waals surface area contributed by atoms with Crippen LogP contribution in [0.5, 0.6) is 5.75 Å². The fourth-order valence-corrected chi connectivity index (χ4v) is 4.05. The first-order valence-electron chi connectivity index (χ1n) is 11.6. The lowest BCUT2D eigenvalue weighted by molar-refractivity contribution is -0.140. The van der Waals surface area contributed by atoms with E-state index in [0.29, 0.717) is 13.0 Å². The van der Waals surface area contributed by atoms with Crippen LogP contribution in [0.25, 0.3) is 11.4 Å². The summed E-state index contributed by atoms with van der Waals surface area (Å²) in [6.45, 7) is 1.35. The van der Waals surface area contributed by atoms with Crippen molar-refractivity contribution >= 4 is 5.97 Å². The number of carbonyl (C=O) groups is 1. The summed E-state index contributed by atoms with van der Waals surface area (Å²) in [5, 5.41) is 4.46. The fourth-order valence-electron chi connectivity index (χ4n) is 4.05. The van der Waals surface area contributed by atoms with E-state index in [9.17, 15) is 4.79 Å². The summed E-state index contributed by atoms with van der Waals surface area (Å²) in [5.74, 6) is 0.582. The van der Waals surface area contributed by atoms with Crippen molar-refractivity contribution in [3.8, 4) is 17.1 Å². The van der Waals surface area contributed by atoms with Crippen LogP contribution >= 0.6 is 0 Å². The van der Waals surface area contributed by atoms with Gasteiger partial charge in [-0.25, -0.2) is 4.68 Å². The zero-order chi connectivity index (χ0) is 22.9. The Bertz CT molecular complexity index is 1030. The summed E-state index contributed by atoms with van der Waals surface area (Å²) < 4.78 is 18.4. The lowest BCUT2D eigenvalue weighted by Gasteiger charge is -2.24. The topological polar surface area (TPSA) is 75.5 Å². The minimum Gasteiger partial charge on any atom is -0.492 e. The number of hydrogen-bond donors (Lipinski definition) is 0. The Morgan fingerprint density at radius 2 is 2.03 bits per heavy atom. The van der Waals surface area contributed by atoms with E-state index in [2.05, 4.69) is 34.3 Å². The maximum Gasteiger partial charge on any atom is 0.305 e. The molecule has 0 N–H and O–H groups in total. The standard InChI is InChI=1S/C26H31N3O4/c1-31-26(30)10-5-8-20-6-4-7-21(18-20)14-17-32-22-11-12-23(27-19-22)24-13-15-28-29(24)25-9-2-3-16-33-25/h4,6-7,11-13,15,18-19,25H,2-3,5,8-10,14,16-17H2,1H3. The number of rotatable bonds is 10. The fraction of sp³-hybridized carbons (Fsp3) is 0.423. The molecular weight excluding hydrogens is 418 g/mol. The number of aryl methyl sites for hydroxylation is 1. The molecular formula is C26H31N3O4. The second kappa shape index (κ2) is 11.6. The molecule has 1 aromatic carbocycles. The molecule has 3 aromatic rings. The van der Waals surface area contributed by atoms with Crippen molar-refractivity contribution in [3.63, 3.8) is 0 Å². The van der Waals surface area contributed by atoms with Crippen molar-refractivity contribution in [2.24, 2.45) is 0 Å². The van der Waals surface area contributed by atoms with Gasteiger partial charge in [-0.2, -0.15) is 5.10 Å². The van der Waals surface area contributed by atoms with Gasteiger partial charge in [-0.1, -0.05) is 24.3 Å². The average Bonchev–Trinajstić information content (AvgIpc) is 3.35. The molecule has 0 aliphatic carbocycles. The van der Waals surface area contributed by atoms with Crippen LogP contribution in [-0.2, 0) is 27.1 Å². The van der Waals surface area contributed by atoms with Crippen LogP contribution in [0.15, 0.2) is 54.9 Å². The minimum atomic E-state index is -0.161. The largest absolute Gasteiger partial charge is 0.492 e. The van der Waals surface area contributed by atoms with E-state index in [4.69, 9.17) is 14.2 Å². The molecule has 1 saturated heterocycles. The van der Waals surface area contributed by atoms with Crippen molar-refractivity contribution < 1.29 is 19.0 Å². The van der Waals surface area contributed by atoms with E-state index in [1.54, 1.807) is 12.4 Å². The summed E-state index contributed by atoms with van der Waals surface area (Å²) in [7, 11) is 1.42. The lowest BCUT2D eigenvalue weighted by Crippen LogP contribution is -2.20. The molecule has 0 bridgehead atoms. The van der Waals surface area contributed by atoms with E-state index < -0.39 is 0 Å². The Balaban J connectivity index is 1.28. The molecule has 0 radical (unpaired) electrons. The monoisotopic (exact) mass is 449 g/mol. The first-order valence-corrected chi connectivity index (χ1v) is 11.6. The van der Waals surface area contributed by atoms with Crippen LogP contribution < -0.4 is 4.74 Å². The van der Waals surface area contributed by atoms with Crippen LogP contribution in [0.1, 0.15) is 49.5 Å². The number of hydrogen-bond acceptors (Lipinski definition) is 6. The Hall–Kier alpha value is -3.19. The molecule has 4 rings (SSSR count). The summed E-state index contributed by atoms with van der Waals surface area (Å²) in [6, 6.07) is 14.3. The minimum absolute atomic E-state index is 0.0160. The molecule has 0 amide bonds. The smallest absolute Gasteiger partial charge is 0.305 e. The first kappa shape index (κ1) is 23.0. The van der Waals surface area contributed by atoms with Crippen LogP contribution in [0.4, 0.5) is 0 Å². The third kappa shape index (κ3) is 6.42. The van der Waals surface area contributed by atoms with Gasteiger partial charge in [0.15, 0.2) is 6.23 Å². The van der Waals surface area contributed by atoms with Gasteiger partial charge in [-0.15, -0.1) is 0 Å². The SMILES string of the molecule is COC(=O)CCCc1cccc(CCOc2ccc(-c3ccnn3C3CCCCO3)nc2)c1. The highest BCUT2D eigenvalue weighted by Crippen LogP contribution is 2.28. The van der Waals surface area contributed by atoms with Crippen molar-refractivity contribution in [2.75, 3.05) is 20.3 Å². The molecule has 1 aliphatic rings. The third-order valence-corrected chi connectivity index (χ3v) is 5.82. The maximum atomic E-state index is 11.3. The molecule has 1 unspecified atom stereocenters. The van der Waals surface area contributed by atoms with Gasteiger partial charge in [-0.3, -0.25) is 9.78 Å². The number of esters is 1. The van der Waals surface area contributed by atoms with E-state index in [1.165, 1.54) is 18.2 Å². The molecule has 1 atom stereocenters. The molecule has 3 heterocycles. The number of ether oxygens (including phenoxy) is 3. The maximum absolute atomic E-state index is 11.3. The second-order valence-corrected chi connectivity index (χ2v) is 8.21. The number of carbonyl (C=O) groups excluding carboxylic acids is 1. The summed E-state index contributed by atoms with van der Waals surface area (Å²) in [6.07, 6.45) is 9.67. The van der Waals surface area contributed by atoms with Crippen LogP contribution in [0, 0.1) is 0 Å². The highest BCUT2D eigenvalue weighted by atomic mass is 16.5. The van der Waals surface area contributed by atoms with E-state index in [0.717, 1.165) is 62.3 Å². The van der Waals surface area contributed by atoms with Crippen LogP contribution in [-0.4, -0.2) is 41.1 Å². The predicted molar refractivity (Wildman–Crippen MR) is 125 cm³/mol. The average molecular weight is 450 g/mol. The lowest BCUT2D eigenvalue weighted by atomic mass is 10.0. The number of methoxy groups -OCH3 is 1. The summed E-state index contributed by atoms with van der Waals surface area (Å²) in [5.41, 5.74) is 4.25. The molecule has 33 heavy (non-hydrogen) atoms. The predicted octanol–water partition coefficient (Wildman–Crippen LogP) is 4.76. The van der Waals surface area contributed by atoms with Crippen LogP contribution in [0.3, 0.4) is 0 Å². The Morgan fingerprint density at radius 1 is 1.15 bits per heavy atom.